The summed E-state index contributed by atoms with van der Waals surface area (Å²) in [5, 5.41) is 8.93. The van der Waals surface area contributed by atoms with Crippen molar-refractivity contribution >= 4 is 7.60 Å². The van der Waals surface area contributed by atoms with Crippen LogP contribution in [0.15, 0.2) is 0 Å². The van der Waals surface area contributed by atoms with Crippen LogP contribution in [-0.4, -0.2) is 43.1 Å². The lowest BCUT2D eigenvalue weighted by Gasteiger charge is -2.11. The Bertz CT molecular complexity index is 142. The Balaban J connectivity index is 3.46. The molecule has 0 heterocycles. The minimum absolute atomic E-state index is 0.0972. The zero-order valence-electron chi connectivity index (χ0n) is 6.56. The summed E-state index contributed by atoms with van der Waals surface area (Å²) < 4.78 is 19.5. The maximum Gasteiger partial charge on any atom is 0.325 e. The molecule has 0 saturated heterocycles. The zero-order valence-corrected chi connectivity index (χ0v) is 7.45. The maximum atomic E-state index is 10.5. The van der Waals surface area contributed by atoms with Gasteiger partial charge in [-0.25, -0.2) is 0 Å². The molecule has 0 spiro atoms. The van der Waals surface area contributed by atoms with E-state index in [1.807, 2.05) is 0 Å². The van der Waals surface area contributed by atoms with Crippen LogP contribution in [0, 0.1) is 0 Å². The number of rotatable bonds is 5. The van der Waals surface area contributed by atoms with Crippen LogP contribution >= 0.6 is 7.60 Å². The van der Waals surface area contributed by atoms with Crippen LogP contribution in [0.3, 0.4) is 0 Å². The Morgan fingerprint density at radius 2 is 2.09 bits per heavy atom. The average Bonchev–Trinajstić information content (AvgIpc) is 1.83. The van der Waals surface area contributed by atoms with E-state index in [0.717, 1.165) is 6.66 Å². The predicted molar refractivity (Wildman–Crippen MR) is 39.6 cm³/mol. The lowest BCUT2D eigenvalue weighted by atomic mass is 10.4. The number of aliphatic hydroxyl groups excluding tert-OH is 1. The van der Waals surface area contributed by atoms with Crippen molar-refractivity contribution in [1.29, 1.82) is 0 Å². The third kappa shape index (κ3) is 7.97. The molecular weight excluding hydrogens is 171 g/mol. The number of aliphatic hydroxyl groups is 1. The van der Waals surface area contributed by atoms with Crippen LogP contribution in [0.2, 0.25) is 0 Å². The van der Waals surface area contributed by atoms with Crippen LogP contribution in [-0.2, 0) is 13.8 Å². The van der Waals surface area contributed by atoms with Crippen LogP contribution in [0.4, 0.5) is 0 Å². The lowest BCUT2D eigenvalue weighted by molar-refractivity contribution is 0.0300. The van der Waals surface area contributed by atoms with Gasteiger partial charge in [0.25, 0.3) is 0 Å². The first-order valence-corrected chi connectivity index (χ1v) is 5.10. The minimum Gasteiger partial charge on any atom is -0.388 e. The molecule has 2 N–H and O–H groups in total. The van der Waals surface area contributed by atoms with Gasteiger partial charge in [0.2, 0.25) is 0 Å². The van der Waals surface area contributed by atoms with E-state index in [1.165, 1.54) is 7.11 Å². The van der Waals surface area contributed by atoms with Crippen LogP contribution in [0.5, 0.6) is 0 Å². The molecule has 5 nitrogen and oxygen atoms in total. The molecule has 0 aromatic rings. The van der Waals surface area contributed by atoms with Crippen molar-refractivity contribution in [2.45, 2.75) is 6.10 Å². The molecule has 68 valence electrons. The fourth-order valence-electron chi connectivity index (χ4n) is 0.465. The monoisotopic (exact) mass is 184 g/mol. The van der Waals surface area contributed by atoms with E-state index in [2.05, 4.69) is 9.26 Å². The minimum atomic E-state index is -3.46. The van der Waals surface area contributed by atoms with Gasteiger partial charge < -0.3 is 19.3 Å². The highest BCUT2D eigenvalue weighted by molar-refractivity contribution is 7.51. The molecule has 11 heavy (non-hydrogen) atoms. The topological polar surface area (TPSA) is 76.0 Å². The van der Waals surface area contributed by atoms with E-state index < -0.39 is 13.7 Å². The van der Waals surface area contributed by atoms with Gasteiger partial charge in [-0.15, -0.1) is 0 Å². The normalized spacial score (nSPS) is 19.3. The summed E-state index contributed by atoms with van der Waals surface area (Å²) in [5.74, 6) is 0. The third-order valence-corrected chi connectivity index (χ3v) is 1.49. The smallest absolute Gasteiger partial charge is 0.325 e. The van der Waals surface area contributed by atoms with Gasteiger partial charge in [-0.05, 0) is 0 Å². The summed E-state index contributed by atoms with van der Waals surface area (Å²) in [6.07, 6.45) is -0.847. The zero-order chi connectivity index (χ0) is 8.91. The largest absolute Gasteiger partial charge is 0.388 e. The molecule has 1 unspecified atom stereocenters. The standard InChI is InChI=1S/C5H13O5P/c1-9-3-5(6)4-10-11(2,7)8/h5-6H,3-4H2,1-2H3,(H,7,8)/t5-/m1/s1. The Kier molecular flexibility index (Phi) is 4.88. The van der Waals surface area contributed by atoms with Gasteiger partial charge >= 0.3 is 7.60 Å². The highest BCUT2D eigenvalue weighted by Gasteiger charge is 2.13. The summed E-state index contributed by atoms with van der Waals surface area (Å²) in [4.78, 5) is 8.62. The SMILES string of the molecule is COC[C@@H](O)COP(C)(=O)O. The van der Waals surface area contributed by atoms with E-state index in [-0.39, 0.29) is 13.2 Å². The summed E-state index contributed by atoms with van der Waals surface area (Å²) >= 11 is 0. The van der Waals surface area contributed by atoms with Crippen LogP contribution < -0.4 is 0 Å². The van der Waals surface area contributed by atoms with Gasteiger partial charge in [-0.1, -0.05) is 0 Å². The van der Waals surface area contributed by atoms with Gasteiger partial charge in [0, 0.05) is 13.8 Å². The van der Waals surface area contributed by atoms with Gasteiger partial charge in [0.15, 0.2) is 0 Å². The van der Waals surface area contributed by atoms with Crippen molar-refractivity contribution in [2.24, 2.45) is 0 Å². The molecule has 0 aliphatic carbocycles. The van der Waals surface area contributed by atoms with E-state index in [1.54, 1.807) is 0 Å². The Hall–Kier alpha value is 0.0700. The van der Waals surface area contributed by atoms with Gasteiger partial charge in [0.1, 0.15) is 6.10 Å². The first kappa shape index (κ1) is 11.1. The Morgan fingerprint density at radius 1 is 1.55 bits per heavy atom. The molecule has 0 amide bonds. The van der Waals surface area contributed by atoms with Crippen molar-refractivity contribution < 1.29 is 23.8 Å². The second-order valence-electron chi connectivity index (χ2n) is 2.21. The number of ether oxygens (including phenoxy) is 1. The average molecular weight is 184 g/mol. The number of hydrogen-bond acceptors (Lipinski definition) is 4. The molecule has 0 rings (SSSR count). The molecule has 0 aliphatic heterocycles. The van der Waals surface area contributed by atoms with Crippen LogP contribution in [0.1, 0.15) is 0 Å². The van der Waals surface area contributed by atoms with Crippen molar-refractivity contribution in [3.63, 3.8) is 0 Å². The molecule has 0 aliphatic rings. The maximum absolute atomic E-state index is 10.5. The van der Waals surface area contributed by atoms with E-state index in [0.29, 0.717) is 0 Å². The molecule has 0 radical (unpaired) electrons. The molecule has 0 aromatic heterocycles. The molecule has 0 bridgehead atoms. The Labute approximate surface area is 65.5 Å². The van der Waals surface area contributed by atoms with Gasteiger partial charge in [0.05, 0.1) is 13.2 Å². The van der Waals surface area contributed by atoms with E-state index >= 15 is 0 Å². The van der Waals surface area contributed by atoms with Crippen molar-refractivity contribution in [3.8, 4) is 0 Å². The molecule has 0 aromatic carbocycles. The number of hydrogen-bond donors (Lipinski definition) is 2. The lowest BCUT2D eigenvalue weighted by Crippen LogP contribution is -2.19. The van der Waals surface area contributed by atoms with Crippen molar-refractivity contribution in [2.75, 3.05) is 27.0 Å². The van der Waals surface area contributed by atoms with Crippen molar-refractivity contribution in [3.05, 3.63) is 0 Å². The third-order valence-electron chi connectivity index (χ3n) is 0.866. The first-order chi connectivity index (χ1) is 4.95. The first-order valence-electron chi connectivity index (χ1n) is 3.07. The second kappa shape index (κ2) is 4.85. The summed E-state index contributed by atoms with van der Waals surface area (Å²) in [6.45, 7) is 0.977. The van der Waals surface area contributed by atoms with E-state index in [9.17, 15) is 4.57 Å². The fraction of sp³-hybridized carbons (Fsp3) is 1.00. The van der Waals surface area contributed by atoms with Crippen LogP contribution in [0.25, 0.3) is 0 Å². The van der Waals surface area contributed by atoms with Crippen molar-refractivity contribution in [1.82, 2.24) is 0 Å². The highest BCUT2D eigenvalue weighted by atomic mass is 31.2. The fourth-order valence-corrected chi connectivity index (χ4v) is 0.914. The summed E-state index contributed by atoms with van der Waals surface area (Å²) in [6, 6.07) is 0. The molecule has 0 saturated carbocycles. The summed E-state index contributed by atoms with van der Waals surface area (Å²) in [5.41, 5.74) is 0. The second-order valence-corrected chi connectivity index (χ2v) is 4.07. The predicted octanol–water partition coefficient (Wildman–Crippen LogP) is -0.174. The van der Waals surface area contributed by atoms with Gasteiger partial charge in [-0.3, -0.25) is 4.57 Å². The molecule has 2 atom stereocenters. The number of methoxy groups -OCH3 is 1. The quantitative estimate of drug-likeness (QED) is 0.580. The molecular formula is C5H13O5P. The molecule has 0 fully saturated rings. The molecule has 6 heteroatoms. The van der Waals surface area contributed by atoms with Gasteiger partial charge in [-0.2, -0.15) is 0 Å². The Morgan fingerprint density at radius 3 is 2.45 bits per heavy atom. The van der Waals surface area contributed by atoms with E-state index in [4.69, 9.17) is 10.00 Å². The summed E-state index contributed by atoms with van der Waals surface area (Å²) in [7, 11) is -2.03. The highest BCUT2D eigenvalue weighted by Crippen LogP contribution is 2.36.